The maximum Gasteiger partial charge on any atom is 0.331 e. The zero-order chi connectivity index (χ0) is 17.2. The molecule has 4 rings (SSSR count). The van der Waals surface area contributed by atoms with Gasteiger partial charge in [-0.15, -0.1) is 11.3 Å². The molecule has 3 aromatic heterocycles. The van der Waals surface area contributed by atoms with E-state index in [-0.39, 0.29) is 12.2 Å². The fourth-order valence-corrected chi connectivity index (χ4v) is 4.09. The fourth-order valence-electron chi connectivity index (χ4n) is 2.43. The molecule has 25 heavy (non-hydrogen) atoms. The standard InChI is InChI=1S/C18H12N2O3S2/c21-16-10-12(11-23-17(22)8-7-13-4-3-9-24-13)19-18-20(16)14-5-1-2-6-15(14)25-18/h1-10H,11H2/b8-7+. The molecule has 0 fully saturated rings. The molecule has 0 aliphatic heterocycles. The quantitative estimate of drug-likeness (QED) is 0.407. The highest BCUT2D eigenvalue weighted by atomic mass is 32.1. The van der Waals surface area contributed by atoms with E-state index in [1.54, 1.807) is 10.5 Å². The highest BCUT2D eigenvalue weighted by Crippen LogP contribution is 2.23. The maximum atomic E-state index is 12.4. The number of hydrogen-bond acceptors (Lipinski definition) is 6. The number of nitrogens with zero attached hydrogens (tertiary/aromatic N) is 2. The lowest BCUT2D eigenvalue weighted by Gasteiger charge is -2.02. The third kappa shape index (κ3) is 3.24. The fraction of sp³-hybridized carbons (Fsp3) is 0.0556. The molecule has 0 aliphatic rings. The first-order valence-corrected chi connectivity index (χ1v) is 9.19. The van der Waals surface area contributed by atoms with E-state index in [1.807, 2.05) is 41.8 Å². The number of carbonyl (C=O) groups excluding carboxylic acids is 1. The number of ether oxygens (including phenoxy) is 1. The predicted octanol–water partition coefficient (Wildman–Crippen LogP) is 3.73. The third-order valence-electron chi connectivity index (χ3n) is 3.54. The molecule has 0 N–H and O–H groups in total. The molecule has 1 aromatic carbocycles. The van der Waals surface area contributed by atoms with E-state index in [4.69, 9.17) is 4.74 Å². The van der Waals surface area contributed by atoms with Crippen molar-refractivity contribution in [2.45, 2.75) is 6.61 Å². The van der Waals surface area contributed by atoms with Crippen molar-refractivity contribution in [1.29, 1.82) is 0 Å². The lowest BCUT2D eigenvalue weighted by Crippen LogP contribution is -2.14. The van der Waals surface area contributed by atoms with Crippen molar-refractivity contribution in [3.63, 3.8) is 0 Å². The van der Waals surface area contributed by atoms with Gasteiger partial charge in [0.15, 0.2) is 4.96 Å². The van der Waals surface area contributed by atoms with Gasteiger partial charge in [0.1, 0.15) is 6.61 Å². The molecule has 0 saturated carbocycles. The van der Waals surface area contributed by atoms with Gasteiger partial charge in [-0.3, -0.25) is 9.20 Å². The Hall–Kier alpha value is -2.77. The van der Waals surface area contributed by atoms with E-state index >= 15 is 0 Å². The smallest absolute Gasteiger partial charge is 0.331 e. The van der Waals surface area contributed by atoms with Crippen molar-refractivity contribution < 1.29 is 9.53 Å². The van der Waals surface area contributed by atoms with Gasteiger partial charge in [-0.05, 0) is 29.7 Å². The molecule has 5 nitrogen and oxygen atoms in total. The number of para-hydroxylation sites is 1. The Morgan fingerprint density at radius 3 is 2.96 bits per heavy atom. The van der Waals surface area contributed by atoms with E-state index in [0.717, 1.165) is 15.1 Å². The van der Waals surface area contributed by atoms with E-state index < -0.39 is 5.97 Å². The van der Waals surface area contributed by atoms with Gasteiger partial charge in [0.2, 0.25) is 0 Å². The summed E-state index contributed by atoms with van der Waals surface area (Å²) in [6.45, 7) is -0.0341. The average Bonchev–Trinajstić information content (AvgIpc) is 3.25. The lowest BCUT2D eigenvalue weighted by molar-refractivity contribution is -0.139. The van der Waals surface area contributed by atoms with Crippen LogP contribution in [-0.4, -0.2) is 15.4 Å². The molecule has 7 heteroatoms. The molecule has 0 amide bonds. The first kappa shape index (κ1) is 15.7. The number of carbonyl (C=O) groups is 1. The number of aromatic nitrogens is 2. The van der Waals surface area contributed by atoms with Crippen molar-refractivity contribution in [2.75, 3.05) is 0 Å². The average molecular weight is 368 g/mol. The minimum absolute atomic E-state index is 0.0341. The second-order valence-corrected chi connectivity index (χ2v) is 7.22. The largest absolute Gasteiger partial charge is 0.456 e. The van der Waals surface area contributed by atoms with Gasteiger partial charge in [0, 0.05) is 17.0 Å². The summed E-state index contributed by atoms with van der Waals surface area (Å²) in [4.78, 5) is 30.2. The highest BCUT2D eigenvalue weighted by Gasteiger charge is 2.10. The number of thiophene rings is 1. The highest BCUT2D eigenvalue weighted by molar-refractivity contribution is 7.23. The molecule has 3 heterocycles. The summed E-state index contributed by atoms with van der Waals surface area (Å²) in [5.74, 6) is -0.466. The number of thiazole rings is 1. The van der Waals surface area contributed by atoms with Crippen molar-refractivity contribution in [2.24, 2.45) is 0 Å². The number of rotatable bonds is 4. The van der Waals surface area contributed by atoms with Gasteiger partial charge in [-0.2, -0.15) is 0 Å². The van der Waals surface area contributed by atoms with Crippen LogP contribution in [0, 0.1) is 0 Å². The van der Waals surface area contributed by atoms with Crippen LogP contribution in [0.15, 0.2) is 58.7 Å². The topological polar surface area (TPSA) is 60.7 Å². The molecule has 0 bridgehead atoms. The van der Waals surface area contributed by atoms with Gasteiger partial charge >= 0.3 is 5.97 Å². The number of hydrogen-bond donors (Lipinski definition) is 0. The summed E-state index contributed by atoms with van der Waals surface area (Å²) in [6, 6.07) is 12.9. The summed E-state index contributed by atoms with van der Waals surface area (Å²) in [7, 11) is 0. The van der Waals surface area contributed by atoms with Crippen LogP contribution in [0.5, 0.6) is 0 Å². The van der Waals surface area contributed by atoms with Crippen LogP contribution in [0.2, 0.25) is 0 Å². The SMILES string of the molecule is O=C(/C=C/c1cccs1)OCc1cc(=O)n2c(n1)sc1ccccc12. The van der Waals surface area contributed by atoms with E-state index in [1.165, 1.54) is 34.8 Å². The second-order valence-electron chi connectivity index (χ2n) is 5.23. The van der Waals surface area contributed by atoms with Gasteiger partial charge in [0.05, 0.1) is 15.9 Å². The molecule has 0 saturated heterocycles. The summed E-state index contributed by atoms with van der Waals surface area (Å²) in [5.41, 5.74) is 1.10. The normalized spacial score (nSPS) is 11.5. The van der Waals surface area contributed by atoms with Crippen LogP contribution >= 0.6 is 22.7 Å². The Morgan fingerprint density at radius 2 is 2.12 bits per heavy atom. The second kappa shape index (κ2) is 6.62. The summed E-state index contributed by atoms with van der Waals surface area (Å²) >= 11 is 2.97. The number of benzene rings is 1. The van der Waals surface area contributed by atoms with Crippen LogP contribution in [0.25, 0.3) is 21.3 Å². The zero-order valence-electron chi connectivity index (χ0n) is 12.9. The van der Waals surface area contributed by atoms with Crippen LogP contribution in [0.3, 0.4) is 0 Å². The van der Waals surface area contributed by atoms with E-state index in [0.29, 0.717) is 10.7 Å². The molecule has 0 spiro atoms. The summed E-state index contributed by atoms with van der Waals surface area (Å²) in [6.07, 6.45) is 3.07. The van der Waals surface area contributed by atoms with Gasteiger partial charge in [-0.25, -0.2) is 9.78 Å². The van der Waals surface area contributed by atoms with Crippen LogP contribution in [0.4, 0.5) is 0 Å². The molecular weight excluding hydrogens is 356 g/mol. The van der Waals surface area contributed by atoms with Gasteiger partial charge < -0.3 is 4.74 Å². The van der Waals surface area contributed by atoms with Crippen molar-refractivity contribution in [3.05, 3.63) is 74.8 Å². The zero-order valence-corrected chi connectivity index (χ0v) is 14.5. The molecule has 0 unspecified atom stereocenters. The Bertz CT molecular complexity index is 1140. The predicted molar refractivity (Wildman–Crippen MR) is 100.0 cm³/mol. The van der Waals surface area contributed by atoms with Crippen molar-refractivity contribution in [1.82, 2.24) is 9.38 Å². The molecule has 124 valence electrons. The molecule has 4 aromatic rings. The number of fused-ring (bicyclic) bond motifs is 3. The summed E-state index contributed by atoms with van der Waals surface area (Å²) in [5, 5.41) is 1.93. The first-order chi connectivity index (χ1) is 12.2. The van der Waals surface area contributed by atoms with Crippen molar-refractivity contribution in [3.8, 4) is 0 Å². The molecular formula is C18H12N2O3S2. The van der Waals surface area contributed by atoms with Crippen LogP contribution < -0.4 is 5.56 Å². The van der Waals surface area contributed by atoms with Gasteiger partial charge in [-0.1, -0.05) is 29.5 Å². The van der Waals surface area contributed by atoms with Crippen LogP contribution in [-0.2, 0) is 16.1 Å². The van der Waals surface area contributed by atoms with E-state index in [2.05, 4.69) is 4.98 Å². The summed E-state index contributed by atoms with van der Waals surface area (Å²) < 4.78 is 7.73. The Balaban J connectivity index is 1.55. The molecule has 0 radical (unpaired) electrons. The monoisotopic (exact) mass is 368 g/mol. The van der Waals surface area contributed by atoms with Gasteiger partial charge in [0.25, 0.3) is 5.56 Å². The van der Waals surface area contributed by atoms with E-state index in [9.17, 15) is 9.59 Å². The Labute approximate surface area is 150 Å². The minimum Gasteiger partial charge on any atom is -0.456 e. The Kier molecular flexibility index (Phi) is 4.17. The first-order valence-electron chi connectivity index (χ1n) is 7.49. The minimum atomic E-state index is -0.466. The molecule has 0 aliphatic carbocycles. The third-order valence-corrected chi connectivity index (χ3v) is 5.40. The molecule has 0 atom stereocenters. The van der Waals surface area contributed by atoms with Crippen LogP contribution in [0.1, 0.15) is 10.6 Å². The van der Waals surface area contributed by atoms with Crippen molar-refractivity contribution >= 4 is 49.9 Å². The Morgan fingerprint density at radius 1 is 1.24 bits per heavy atom. The number of esters is 1. The maximum absolute atomic E-state index is 12.4. The lowest BCUT2D eigenvalue weighted by atomic mass is 10.3.